The minimum Gasteiger partial charge on any atom is -0.370 e. The SMILES string of the molecule is CN(C)C(=O)C1CCCN(c2cc(Cl)cc3[nH]ncc23)C1. The van der Waals surface area contributed by atoms with Gasteiger partial charge in [0.2, 0.25) is 5.91 Å². The molecule has 1 aliphatic heterocycles. The molecule has 1 fully saturated rings. The second-order valence-electron chi connectivity index (χ2n) is 5.77. The maximum Gasteiger partial charge on any atom is 0.226 e. The lowest BCUT2D eigenvalue weighted by molar-refractivity contribution is -0.133. The van der Waals surface area contributed by atoms with Crippen LogP contribution < -0.4 is 4.90 Å². The highest BCUT2D eigenvalue weighted by Crippen LogP contribution is 2.32. The van der Waals surface area contributed by atoms with Crippen molar-refractivity contribution in [1.82, 2.24) is 15.1 Å². The molecule has 1 unspecified atom stereocenters. The van der Waals surface area contributed by atoms with Gasteiger partial charge in [0.25, 0.3) is 0 Å². The zero-order valence-electron chi connectivity index (χ0n) is 12.3. The molecule has 1 saturated heterocycles. The first kappa shape index (κ1) is 14.2. The first-order valence-electron chi connectivity index (χ1n) is 7.15. The van der Waals surface area contributed by atoms with Crippen molar-refractivity contribution in [2.75, 3.05) is 32.1 Å². The van der Waals surface area contributed by atoms with E-state index in [1.165, 1.54) is 0 Å². The standard InChI is InChI=1S/C15H19ClN4O/c1-19(2)15(21)10-4-3-5-20(9-10)14-7-11(16)6-13-12(14)8-17-18-13/h6-8,10H,3-5,9H2,1-2H3,(H,17,18). The molecule has 21 heavy (non-hydrogen) atoms. The molecule has 1 N–H and O–H groups in total. The van der Waals surface area contributed by atoms with Gasteiger partial charge in [0.15, 0.2) is 0 Å². The molecule has 1 aromatic heterocycles. The van der Waals surface area contributed by atoms with Gasteiger partial charge in [0, 0.05) is 43.3 Å². The molecule has 112 valence electrons. The van der Waals surface area contributed by atoms with Crippen molar-refractivity contribution in [1.29, 1.82) is 0 Å². The third kappa shape index (κ3) is 2.70. The van der Waals surface area contributed by atoms with E-state index in [-0.39, 0.29) is 11.8 Å². The Morgan fingerprint density at radius 3 is 3.05 bits per heavy atom. The summed E-state index contributed by atoms with van der Waals surface area (Å²) in [5.74, 6) is 0.250. The lowest BCUT2D eigenvalue weighted by atomic mass is 9.96. The fourth-order valence-electron chi connectivity index (χ4n) is 3.02. The Labute approximate surface area is 128 Å². The van der Waals surface area contributed by atoms with Gasteiger partial charge >= 0.3 is 0 Å². The predicted octanol–water partition coefficient (Wildman–Crippen LogP) is 2.52. The summed E-state index contributed by atoms with van der Waals surface area (Å²) in [5.41, 5.74) is 1.99. The van der Waals surface area contributed by atoms with E-state index >= 15 is 0 Å². The Kier molecular flexibility index (Phi) is 3.76. The third-order valence-electron chi connectivity index (χ3n) is 4.05. The van der Waals surface area contributed by atoms with E-state index in [1.54, 1.807) is 4.90 Å². The summed E-state index contributed by atoms with van der Waals surface area (Å²) in [4.78, 5) is 16.1. The number of carbonyl (C=O) groups excluding carboxylic acids is 1. The Hall–Kier alpha value is -1.75. The number of hydrogen-bond acceptors (Lipinski definition) is 3. The molecule has 1 amide bonds. The lowest BCUT2D eigenvalue weighted by Gasteiger charge is -2.35. The molecular weight excluding hydrogens is 288 g/mol. The fraction of sp³-hybridized carbons (Fsp3) is 0.467. The second kappa shape index (κ2) is 5.56. The lowest BCUT2D eigenvalue weighted by Crippen LogP contribution is -2.42. The summed E-state index contributed by atoms with van der Waals surface area (Å²) >= 11 is 6.20. The molecule has 1 atom stereocenters. The number of rotatable bonds is 2. The molecular formula is C15H19ClN4O. The summed E-state index contributed by atoms with van der Waals surface area (Å²) in [5, 5.41) is 8.79. The fourth-order valence-corrected chi connectivity index (χ4v) is 3.23. The molecule has 0 saturated carbocycles. The minimum atomic E-state index is 0.0506. The number of benzene rings is 1. The first-order chi connectivity index (χ1) is 10.1. The van der Waals surface area contributed by atoms with Crippen LogP contribution in [-0.2, 0) is 4.79 Å². The molecule has 2 heterocycles. The van der Waals surface area contributed by atoms with Crippen molar-refractivity contribution in [3.8, 4) is 0 Å². The van der Waals surface area contributed by atoms with E-state index in [9.17, 15) is 4.79 Å². The maximum atomic E-state index is 12.2. The van der Waals surface area contributed by atoms with Gasteiger partial charge in [-0.25, -0.2) is 0 Å². The number of H-pyrrole nitrogens is 1. The Bertz CT molecular complexity index is 667. The van der Waals surface area contributed by atoms with E-state index < -0.39 is 0 Å². The number of amides is 1. The molecule has 0 bridgehead atoms. The topological polar surface area (TPSA) is 52.2 Å². The zero-order chi connectivity index (χ0) is 15.0. The molecule has 0 spiro atoms. The number of piperidine rings is 1. The van der Waals surface area contributed by atoms with Crippen LogP contribution in [0.3, 0.4) is 0 Å². The van der Waals surface area contributed by atoms with Gasteiger partial charge in [-0.3, -0.25) is 9.89 Å². The highest BCUT2D eigenvalue weighted by atomic mass is 35.5. The second-order valence-corrected chi connectivity index (χ2v) is 6.21. The van der Waals surface area contributed by atoms with Gasteiger partial charge in [-0.15, -0.1) is 0 Å². The zero-order valence-corrected chi connectivity index (χ0v) is 13.0. The van der Waals surface area contributed by atoms with Crippen molar-refractivity contribution in [3.05, 3.63) is 23.4 Å². The highest BCUT2D eigenvalue weighted by Gasteiger charge is 2.28. The van der Waals surface area contributed by atoms with Gasteiger partial charge in [-0.2, -0.15) is 5.10 Å². The molecule has 2 aromatic rings. The first-order valence-corrected chi connectivity index (χ1v) is 7.53. The Morgan fingerprint density at radius 1 is 1.48 bits per heavy atom. The Balaban J connectivity index is 1.91. The molecule has 1 aromatic carbocycles. The van der Waals surface area contributed by atoms with Gasteiger partial charge in [-0.1, -0.05) is 11.6 Å². The summed E-state index contributed by atoms with van der Waals surface area (Å²) in [6.45, 7) is 1.68. The van der Waals surface area contributed by atoms with Crippen LogP contribution in [0.25, 0.3) is 10.9 Å². The monoisotopic (exact) mass is 306 g/mol. The predicted molar refractivity (Wildman–Crippen MR) is 84.7 cm³/mol. The maximum absolute atomic E-state index is 12.2. The summed E-state index contributed by atoms with van der Waals surface area (Å²) < 4.78 is 0. The number of halogens is 1. The van der Waals surface area contributed by atoms with Gasteiger partial charge in [-0.05, 0) is 25.0 Å². The van der Waals surface area contributed by atoms with Crippen LogP contribution in [-0.4, -0.2) is 48.2 Å². The van der Waals surface area contributed by atoms with Crippen LogP contribution in [0.4, 0.5) is 5.69 Å². The number of nitrogens with one attached hydrogen (secondary N) is 1. The minimum absolute atomic E-state index is 0.0506. The number of nitrogens with zero attached hydrogens (tertiary/aromatic N) is 3. The van der Waals surface area contributed by atoms with Gasteiger partial charge < -0.3 is 9.80 Å². The summed E-state index contributed by atoms with van der Waals surface area (Å²) in [6, 6.07) is 3.84. The van der Waals surface area contributed by atoms with E-state index in [4.69, 9.17) is 11.6 Å². The van der Waals surface area contributed by atoms with Crippen LogP contribution >= 0.6 is 11.6 Å². The number of aromatic nitrogens is 2. The van der Waals surface area contributed by atoms with Crippen molar-refractivity contribution < 1.29 is 4.79 Å². The van der Waals surface area contributed by atoms with Crippen molar-refractivity contribution in [2.24, 2.45) is 5.92 Å². The number of anilines is 1. The normalized spacial score (nSPS) is 19.0. The van der Waals surface area contributed by atoms with E-state index in [0.29, 0.717) is 5.02 Å². The molecule has 0 radical (unpaired) electrons. The summed E-state index contributed by atoms with van der Waals surface area (Å²) in [7, 11) is 3.63. The number of hydrogen-bond donors (Lipinski definition) is 1. The quantitative estimate of drug-likeness (QED) is 0.927. The smallest absolute Gasteiger partial charge is 0.226 e. The summed E-state index contributed by atoms with van der Waals surface area (Å²) in [6.07, 6.45) is 3.77. The molecule has 1 aliphatic rings. The van der Waals surface area contributed by atoms with Crippen molar-refractivity contribution in [2.45, 2.75) is 12.8 Å². The van der Waals surface area contributed by atoms with E-state index in [2.05, 4.69) is 15.1 Å². The largest absolute Gasteiger partial charge is 0.370 e. The van der Waals surface area contributed by atoms with Crippen molar-refractivity contribution in [3.63, 3.8) is 0 Å². The molecule has 5 nitrogen and oxygen atoms in total. The molecule has 3 rings (SSSR count). The third-order valence-corrected chi connectivity index (χ3v) is 4.27. The number of carbonyl (C=O) groups is 1. The average Bonchev–Trinajstić information content (AvgIpc) is 2.93. The van der Waals surface area contributed by atoms with Crippen LogP contribution in [0.1, 0.15) is 12.8 Å². The van der Waals surface area contributed by atoms with E-state index in [0.717, 1.165) is 42.5 Å². The van der Waals surface area contributed by atoms with Crippen LogP contribution in [0.2, 0.25) is 5.02 Å². The van der Waals surface area contributed by atoms with Crippen molar-refractivity contribution >= 4 is 34.1 Å². The van der Waals surface area contributed by atoms with Crippen LogP contribution in [0, 0.1) is 5.92 Å². The van der Waals surface area contributed by atoms with Gasteiger partial charge in [0.1, 0.15) is 0 Å². The van der Waals surface area contributed by atoms with E-state index in [1.807, 2.05) is 32.4 Å². The molecule has 6 heteroatoms. The van der Waals surface area contributed by atoms with Crippen LogP contribution in [0.15, 0.2) is 18.3 Å². The van der Waals surface area contributed by atoms with Crippen LogP contribution in [0.5, 0.6) is 0 Å². The number of fused-ring (bicyclic) bond motifs is 1. The average molecular weight is 307 g/mol. The van der Waals surface area contributed by atoms with Gasteiger partial charge in [0.05, 0.1) is 17.6 Å². The highest BCUT2D eigenvalue weighted by molar-refractivity contribution is 6.31. The Morgan fingerprint density at radius 2 is 2.29 bits per heavy atom. The number of aromatic amines is 1. The molecule has 0 aliphatic carbocycles.